The molecule has 1 N–H and O–H groups in total. The molecule has 0 bridgehead atoms. The summed E-state index contributed by atoms with van der Waals surface area (Å²) in [6.45, 7) is 3.16. The Bertz CT molecular complexity index is 370. The van der Waals surface area contributed by atoms with Crippen LogP contribution < -0.4 is 5.32 Å². The van der Waals surface area contributed by atoms with Crippen molar-refractivity contribution in [3.8, 4) is 0 Å². The van der Waals surface area contributed by atoms with Gasteiger partial charge in [-0.3, -0.25) is 0 Å². The van der Waals surface area contributed by atoms with Gasteiger partial charge in [-0.1, -0.05) is 23.7 Å². The molecule has 0 aliphatic carbocycles. The van der Waals surface area contributed by atoms with Gasteiger partial charge in [0.1, 0.15) is 0 Å². The molecule has 17 heavy (non-hydrogen) atoms. The van der Waals surface area contributed by atoms with E-state index in [-0.39, 0.29) is 0 Å². The molecule has 3 heteroatoms. The molecule has 94 valence electrons. The fourth-order valence-electron chi connectivity index (χ4n) is 2.44. The Balaban J connectivity index is 2.12. The first kappa shape index (κ1) is 12.9. The van der Waals surface area contributed by atoms with Crippen molar-refractivity contribution in [1.82, 2.24) is 10.2 Å². The summed E-state index contributed by atoms with van der Waals surface area (Å²) < 4.78 is 0. The van der Waals surface area contributed by atoms with Gasteiger partial charge in [-0.25, -0.2) is 0 Å². The maximum absolute atomic E-state index is 6.35. The van der Waals surface area contributed by atoms with Crippen LogP contribution in [0.1, 0.15) is 29.9 Å². The summed E-state index contributed by atoms with van der Waals surface area (Å²) in [7, 11) is 4.13. The predicted molar refractivity (Wildman–Crippen MR) is 73.7 cm³/mol. The first-order valence-corrected chi connectivity index (χ1v) is 6.68. The van der Waals surface area contributed by atoms with E-state index >= 15 is 0 Å². The van der Waals surface area contributed by atoms with E-state index in [9.17, 15) is 0 Å². The summed E-state index contributed by atoms with van der Waals surface area (Å²) in [6, 6.07) is 6.59. The van der Waals surface area contributed by atoms with Gasteiger partial charge in [0.15, 0.2) is 0 Å². The molecule has 1 fully saturated rings. The summed E-state index contributed by atoms with van der Waals surface area (Å²) in [5.41, 5.74) is 2.62. The highest BCUT2D eigenvalue weighted by atomic mass is 35.5. The molecule has 1 aliphatic heterocycles. The minimum absolute atomic E-state index is 0.683. The molecule has 2 nitrogen and oxygen atoms in total. The van der Waals surface area contributed by atoms with Gasteiger partial charge in [-0.05, 0) is 63.1 Å². The second-order valence-corrected chi connectivity index (χ2v) is 5.52. The zero-order chi connectivity index (χ0) is 12.3. The molecule has 0 atom stereocenters. The Morgan fingerprint density at radius 2 is 2.00 bits per heavy atom. The molecule has 1 aromatic carbocycles. The molecule has 0 spiro atoms. The molecular formula is C14H21ClN2. The van der Waals surface area contributed by atoms with Crippen LogP contribution in [0.15, 0.2) is 18.2 Å². The van der Waals surface area contributed by atoms with Crippen LogP contribution in [-0.2, 0) is 6.54 Å². The smallest absolute Gasteiger partial charge is 0.0453 e. The average molecular weight is 253 g/mol. The second kappa shape index (κ2) is 5.85. The highest BCUT2D eigenvalue weighted by Crippen LogP contribution is 2.29. The van der Waals surface area contributed by atoms with Crippen LogP contribution in [0.2, 0.25) is 5.02 Å². The summed E-state index contributed by atoms with van der Waals surface area (Å²) in [5, 5.41) is 4.31. The van der Waals surface area contributed by atoms with Crippen molar-refractivity contribution in [3.63, 3.8) is 0 Å². The topological polar surface area (TPSA) is 15.3 Å². The van der Waals surface area contributed by atoms with Crippen LogP contribution >= 0.6 is 11.6 Å². The van der Waals surface area contributed by atoms with Gasteiger partial charge < -0.3 is 10.2 Å². The lowest BCUT2D eigenvalue weighted by Crippen LogP contribution is -2.26. The molecule has 2 rings (SSSR count). The Labute approximate surface area is 109 Å². The third-order valence-electron chi connectivity index (χ3n) is 3.37. The molecule has 0 unspecified atom stereocenters. The van der Waals surface area contributed by atoms with Crippen molar-refractivity contribution in [1.29, 1.82) is 0 Å². The number of piperidine rings is 1. The van der Waals surface area contributed by atoms with E-state index in [4.69, 9.17) is 11.6 Å². The molecular weight excluding hydrogens is 232 g/mol. The standard InChI is InChI=1S/C14H21ClN2/c1-17(2)10-13-4-3-12(9-14(13)15)11-5-7-16-8-6-11/h3-4,9,11,16H,5-8,10H2,1-2H3. The summed E-state index contributed by atoms with van der Waals surface area (Å²) in [5.74, 6) is 0.683. The maximum Gasteiger partial charge on any atom is 0.0453 e. The number of halogens is 1. The average Bonchev–Trinajstić information content (AvgIpc) is 2.32. The number of nitrogens with zero attached hydrogens (tertiary/aromatic N) is 1. The van der Waals surface area contributed by atoms with Gasteiger partial charge in [-0.15, -0.1) is 0 Å². The summed E-state index contributed by atoms with van der Waals surface area (Å²) >= 11 is 6.35. The minimum Gasteiger partial charge on any atom is -0.317 e. The van der Waals surface area contributed by atoms with Crippen molar-refractivity contribution in [2.45, 2.75) is 25.3 Å². The molecule has 0 amide bonds. The Kier molecular flexibility index (Phi) is 4.43. The summed E-state index contributed by atoms with van der Waals surface area (Å²) in [6.07, 6.45) is 2.45. The highest BCUT2D eigenvalue weighted by Gasteiger charge is 2.16. The lowest BCUT2D eigenvalue weighted by atomic mass is 9.90. The van der Waals surface area contributed by atoms with E-state index < -0.39 is 0 Å². The third kappa shape index (κ3) is 3.44. The van der Waals surface area contributed by atoms with Crippen molar-refractivity contribution in [2.24, 2.45) is 0 Å². The number of nitrogens with one attached hydrogen (secondary N) is 1. The Morgan fingerprint density at radius 1 is 1.29 bits per heavy atom. The van der Waals surface area contributed by atoms with Crippen molar-refractivity contribution >= 4 is 11.6 Å². The lowest BCUT2D eigenvalue weighted by molar-refractivity contribution is 0.402. The molecule has 1 saturated heterocycles. The van der Waals surface area contributed by atoms with E-state index in [0.717, 1.165) is 24.7 Å². The van der Waals surface area contributed by atoms with Gasteiger partial charge in [0.2, 0.25) is 0 Å². The summed E-state index contributed by atoms with van der Waals surface area (Å²) in [4.78, 5) is 2.14. The first-order chi connectivity index (χ1) is 8.16. The number of hydrogen-bond donors (Lipinski definition) is 1. The fourth-order valence-corrected chi connectivity index (χ4v) is 2.69. The van der Waals surface area contributed by atoms with Crippen molar-refractivity contribution in [2.75, 3.05) is 27.2 Å². The SMILES string of the molecule is CN(C)Cc1ccc(C2CCNCC2)cc1Cl. The van der Waals surface area contributed by atoms with E-state index in [1.54, 1.807) is 0 Å². The van der Waals surface area contributed by atoms with Crippen LogP contribution in [0.25, 0.3) is 0 Å². The largest absolute Gasteiger partial charge is 0.317 e. The van der Waals surface area contributed by atoms with Crippen molar-refractivity contribution in [3.05, 3.63) is 34.3 Å². The molecule has 0 saturated carbocycles. The quantitative estimate of drug-likeness (QED) is 0.890. The number of benzene rings is 1. The van der Waals surface area contributed by atoms with Crippen LogP contribution in [0.5, 0.6) is 0 Å². The van der Waals surface area contributed by atoms with Gasteiger partial charge in [0.25, 0.3) is 0 Å². The van der Waals surface area contributed by atoms with E-state index in [2.05, 4.69) is 42.5 Å². The zero-order valence-electron chi connectivity index (χ0n) is 10.7. The molecule has 0 aromatic heterocycles. The van der Waals surface area contributed by atoms with Gasteiger partial charge >= 0.3 is 0 Å². The fraction of sp³-hybridized carbons (Fsp3) is 0.571. The molecule has 1 heterocycles. The second-order valence-electron chi connectivity index (χ2n) is 5.11. The van der Waals surface area contributed by atoms with Gasteiger partial charge in [0.05, 0.1) is 0 Å². The van der Waals surface area contributed by atoms with E-state index in [1.807, 2.05) is 0 Å². The van der Waals surface area contributed by atoms with Gasteiger partial charge in [0, 0.05) is 11.6 Å². The minimum atomic E-state index is 0.683. The van der Waals surface area contributed by atoms with Crippen LogP contribution in [0, 0.1) is 0 Å². The lowest BCUT2D eigenvalue weighted by Gasteiger charge is -2.23. The molecule has 1 aliphatic rings. The Hall–Kier alpha value is -0.570. The first-order valence-electron chi connectivity index (χ1n) is 6.30. The predicted octanol–water partition coefficient (Wildman–Crippen LogP) is 2.87. The van der Waals surface area contributed by atoms with Crippen LogP contribution in [0.4, 0.5) is 0 Å². The normalized spacial score (nSPS) is 17.6. The zero-order valence-corrected chi connectivity index (χ0v) is 11.4. The number of rotatable bonds is 3. The maximum atomic E-state index is 6.35. The van der Waals surface area contributed by atoms with Gasteiger partial charge in [-0.2, -0.15) is 0 Å². The highest BCUT2D eigenvalue weighted by molar-refractivity contribution is 6.31. The number of hydrogen-bond acceptors (Lipinski definition) is 2. The van der Waals surface area contributed by atoms with E-state index in [0.29, 0.717) is 5.92 Å². The molecule has 0 radical (unpaired) electrons. The van der Waals surface area contributed by atoms with E-state index in [1.165, 1.54) is 24.0 Å². The van der Waals surface area contributed by atoms with Crippen molar-refractivity contribution < 1.29 is 0 Å². The third-order valence-corrected chi connectivity index (χ3v) is 3.73. The van der Waals surface area contributed by atoms with Crippen LogP contribution in [-0.4, -0.2) is 32.1 Å². The Morgan fingerprint density at radius 3 is 2.59 bits per heavy atom. The van der Waals surface area contributed by atoms with Crippen LogP contribution in [0.3, 0.4) is 0 Å². The monoisotopic (exact) mass is 252 g/mol. The molecule has 1 aromatic rings.